The first-order valence-corrected chi connectivity index (χ1v) is 8.27. The molecule has 5 rings (SSSR count). The predicted molar refractivity (Wildman–Crippen MR) is 95.2 cm³/mol. The van der Waals surface area contributed by atoms with Crippen LogP contribution in [0.2, 0.25) is 0 Å². The largest absolute Gasteiger partial charge is 0.293 e. The van der Waals surface area contributed by atoms with E-state index in [4.69, 9.17) is 4.99 Å². The van der Waals surface area contributed by atoms with Gasteiger partial charge in [0.05, 0.1) is 11.4 Å². The van der Waals surface area contributed by atoms with Crippen LogP contribution in [0.3, 0.4) is 0 Å². The molecule has 3 aromatic rings. The molecule has 0 saturated heterocycles. The number of ketones is 1. The molecule has 0 unspecified atom stereocenters. The zero-order valence-electron chi connectivity index (χ0n) is 13.4. The molecule has 0 saturated carbocycles. The quantitative estimate of drug-likeness (QED) is 0.640. The molecule has 0 fully saturated rings. The van der Waals surface area contributed by atoms with E-state index in [2.05, 4.69) is 0 Å². The van der Waals surface area contributed by atoms with Gasteiger partial charge in [-0.05, 0) is 35.2 Å². The van der Waals surface area contributed by atoms with Crippen LogP contribution in [0.25, 0.3) is 0 Å². The fourth-order valence-electron chi connectivity index (χ4n) is 4.11. The maximum Gasteiger partial charge on any atom is 0.180 e. The summed E-state index contributed by atoms with van der Waals surface area (Å²) in [6, 6.07) is 22.0. The highest BCUT2D eigenvalue weighted by atomic mass is 19.1. The Balaban J connectivity index is 1.80. The molecule has 1 heterocycles. The summed E-state index contributed by atoms with van der Waals surface area (Å²) in [6.45, 7) is 0. The number of benzene rings is 3. The first-order valence-electron chi connectivity index (χ1n) is 8.27. The number of hydrogen-bond acceptors (Lipinski definition) is 2. The molecule has 25 heavy (non-hydrogen) atoms. The van der Waals surface area contributed by atoms with Crippen LogP contribution in [0.5, 0.6) is 0 Å². The van der Waals surface area contributed by atoms with E-state index >= 15 is 0 Å². The third kappa shape index (κ3) is 1.84. The normalized spacial score (nSPS) is 20.5. The number of halogens is 1. The summed E-state index contributed by atoms with van der Waals surface area (Å²) in [5, 5.41) is 0. The van der Waals surface area contributed by atoms with E-state index in [0.717, 1.165) is 28.0 Å². The van der Waals surface area contributed by atoms with Crippen molar-refractivity contribution in [2.24, 2.45) is 4.99 Å². The number of carbonyl (C=O) groups excluding carboxylic acids is 1. The lowest BCUT2D eigenvalue weighted by Crippen LogP contribution is -2.40. The van der Waals surface area contributed by atoms with Crippen LogP contribution in [0, 0.1) is 5.82 Å². The minimum Gasteiger partial charge on any atom is -0.293 e. The molecule has 1 aliphatic heterocycles. The molecule has 0 radical (unpaired) electrons. The number of hydrogen-bond donors (Lipinski definition) is 0. The summed E-state index contributed by atoms with van der Waals surface area (Å²) >= 11 is 0. The Morgan fingerprint density at radius 1 is 0.920 bits per heavy atom. The molecule has 2 aliphatic rings. The van der Waals surface area contributed by atoms with Gasteiger partial charge in [-0.2, -0.15) is 0 Å². The second kappa shape index (κ2) is 4.96. The lowest BCUT2D eigenvalue weighted by atomic mass is 9.72. The second-order valence-corrected chi connectivity index (χ2v) is 6.56. The number of fused-ring (bicyclic) bond motifs is 3. The van der Waals surface area contributed by atoms with E-state index in [1.54, 1.807) is 6.07 Å². The molecule has 2 nitrogen and oxygen atoms in total. The molecule has 0 bridgehead atoms. The van der Waals surface area contributed by atoms with Gasteiger partial charge in [-0.15, -0.1) is 0 Å². The van der Waals surface area contributed by atoms with E-state index in [1.807, 2.05) is 54.6 Å². The molecule has 1 spiro atoms. The van der Waals surface area contributed by atoms with Crippen LogP contribution in [-0.2, 0) is 11.8 Å². The summed E-state index contributed by atoms with van der Waals surface area (Å²) in [5.41, 5.74) is 3.88. The van der Waals surface area contributed by atoms with Gasteiger partial charge in [-0.1, -0.05) is 60.7 Å². The average molecular weight is 327 g/mol. The molecule has 1 atom stereocenters. The van der Waals surface area contributed by atoms with Gasteiger partial charge in [0, 0.05) is 5.56 Å². The first kappa shape index (κ1) is 14.3. The van der Waals surface area contributed by atoms with E-state index in [-0.39, 0.29) is 11.6 Å². The number of nitrogens with zero attached hydrogens (tertiary/aromatic N) is 1. The number of aliphatic imine (C=N–C) groups is 1. The lowest BCUT2D eigenvalue weighted by molar-refractivity contribution is 0.0947. The first-order chi connectivity index (χ1) is 12.2. The maximum absolute atomic E-state index is 13.8. The van der Waals surface area contributed by atoms with Crippen LogP contribution in [0.1, 0.15) is 27.0 Å². The lowest BCUT2D eigenvalue weighted by Gasteiger charge is -2.25. The monoisotopic (exact) mass is 327 g/mol. The van der Waals surface area contributed by atoms with Gasteiger partial charge in [-0.3, -0.25) is 9.79 Å². The molecule has 0 N–H and O–H groups in total. The minimum absolute atomic E-state index is 0.0519. The molecular formula is C22H14FNO. The van der Waals surface area contributed by atoms with Crippen molar-refractivity contribution < 1.29 is 9.18 Å². The molecule has 0 amide bonds. The van der Waals surface area contributed by atoms with Crippen molar-refractivity contribution in [3.8, 4) is 0 Å². The SMILES string of the molecule is O=C1c2ccccc2C[C@]12C(c1ccccc1)=Nc1cc(F)ccc12. The summed E-state index contributed by atoms with van der Waals surface area (Å²) in [7, 11) is 0. The van der Waals surface area contributed by atoms with Crippen molar-refractivity contribution >= 4 is 17.2 Å². The van der Waals surface area contributed by atoms with Crippen molar-refractivity contribution in [3.63, 3.8) is 0 Å². The zero-order valence-corrected chi connectivity index (χ0v) is 13.4. The predicted octanol–water partition coefficient (Wildman–Crippen LogP) is 4.64. The molecule has 0 aromatic heterocycles. The Kier molecular flexibility index (Phi) is 2.84. The Labute approximate surface area is 144 Å². The van der Waals surface area contributed by atoms with Gasteiger partial charge in [0.2, 0.25) is 0 Å². The van der Waals surface area contributed by atoms with E-state index in [1.165, 1.54) is 12.1 Å². The third-order valence-corrected chi connectivity index (χ3v) is 5.21. The highest BCUT2D eigenvalue weighted by Crippen LogP contribution is 2.50. The Morgan fingerprint density at radius 3 is 2.48 bits per heavy atom. The van der Waals surface area contributed by atoms with Gasteiger partial charge in [-0.25, -0.2) is 4.39 Å². The Morgan fingerprint density at radius 2 is 1.68 bits per heavy atom. The minimum atomic E-state index is -0.853. The third-order valence-electron chi connectivity index (χ3n) is 5.21. The summed E-state index contributed by atoms with van der Waals surface area (Å²) in [6.07, 6.45) is 0.564. The fourth-order valence-corrected chi connectivity index (χ4v) is 4.11. The van der Waals surface area contributed by atoms with Gasteiger partial charge in [0.1, 0.15) is 11.2 Å². The van der Waals surface area contributed by atoms with Crippen LogP contribution < -0.4 is 0 Å². The molecule has 120 valence electrons. The number of Topliss-reactive ketones (excluding diaryl/α,β-unsaturated/α-hetero) is 1. The van der Waals surface area contributed by atoms with Crippen LogP contribution in [-0.4, -0.2) is 11.5 Å². The van der Waals surface area contributed by atoms with E-state index < -0.39 is 5.41 Å². The zero-order chi connectivity index (χ0) is 17.0. The van der Waals surface area contributed by atoms with Crippen LogP contribution >= 0.6 is 0 Å². The Bertz CT molecular complexity index is 1050. The number of carbonyl (C=O) groups is 1. The Hall–Kier alpha value is -3.07. The van der Waals surface area contributed by atoms with Gasteiger partial charge in [0.25, 0.3) is 0 Å². The van der Waals surface area contributed by atoms with Crippen molar-refractivity contribution in [1.82, 2.24) is 0 Å². The van der Waals surface area contributed by atoms with Crippen molar-refractivity contribution in [1.29, 1.82) is 0 Å². The highest BCUT2D eigenvalue weighted by Gasteiger charge is 2.54. The van der Waals surface area contributed by atoms with E-state index in [0.29, 0.717) is 12.1 Å². The highest BCUT2D eigenvalue weighted by molar-refractivity contribution is 6.31. The van der Waals surface area contributed by atoms with Crippen molar-refractivity contribution in [2.45, 2.75) is 11.8 Å². The standard InChI is InChI=1S/C22H14FNO/c23-16-10-11-18-19(12-16)24-20(14-6-2-1-3-7-14)22(18)13-15-8-4-5-9-17(15)21(22)25/h1-12H,13H2/t22-/m0/s1. The summed E-state index contributed by atoms with van der Waals surface area (Å²) in [5.74, 6) is -0.286. The summed E-state index contributed by atoms with van der Waals surface area (Å²) < 4.78 is 13.8. The molecular weight excluding hydrogens is 313 g/mol. The van der Waals surface area contributed by atoms with Gasteiger partial charge < -0.3 is 0 Å². The average Bonchev–Trinajstić information content (AvgIpc) is 3.12. The van der Waals surface area contributed by atoms with Crippen molar-refractivity contribution in [2.75, 3.05) is 0 Å². The van der Waals surface area contributed by atoms with E-state index in [9.17, 15) is 9.18 Å². The van der Waals surface area contributed by atoms with Crippen LogP contribution in [0.15, 0.2) is 77.8 Å². The fraction of sp³-hybridized carbons (Fsp3) is 0.0909. The number of rotatable bonds is 1. The van der Waals surface area contributed by atoms with Gasteiger partial charge in [0.15, 0.2) is 5.78 Å². The summed E-state index contributed by atoms with van der Waals surface area (Å²) in [4.78, 5) is 18.2. The molecule has 3 heteroatoms. The van der Waals surface area contributed by atoms with Crippen LogP contribution in [0.4, 0.5) is 10.1 Å². The van der Waals surface area contributed by atoms with Crippen molar-refractivity contribution in [3.05, 3.63) is 101 Å². The maximum atomic E-state index is 13.8. The molecule has 3 aromatic carbocycles. The smallest absolute Gasteiger partial charge is 0.180 e. The van der Waals surface area contributed by atoms with Gasteiger partial charge >= 0.3 is 0 Å². The topological polar surface area (TPSA) is 29.4 Å². The molecule has 1 aliphatic carbocycles. The second-order valence-electron chi connectivity index (χ2n) is 6.56.